The molecule has 0 radical (unpaired) electrons. The molecule has 1 aliphatic heterocycles. The molecule has 0 spiro atoms. The van der Waals surface area contributed by atoms with Crippen molar-refractivity contribution in [2.75, 3.05) is 20.1 Å². The van der Waals surface area contributed by atoms with Crippen molar-refractivity contribution in [1.82, 2.24) is 10.4 Å². The van der Waals surface area contributed by atoms with Crippen LogP contribution < -0.4 is 5.48 Å². The molecule has 1 fully saturated rings. The maximum absolute atomic E-state index is 12.5. The molecule has 5 heteroatoms. The van der Waals surface area contributed by atoms with E-state index in [0.717, 1.165) is 24.2 Å². The summed E-state index contributed by atoms with van der Waals surface area (Å²) in [6, 6.07) is 15.4. The number of carbonyl (C=O) groups excluding carboxylic acids is 2. The SMILES string of the molecule is CN1CCC(c2ccc(C(=O)/C=C/c3ccc(/C=C/C(=O)NO)cc3)cc2)CC1. The second-order valence-electron chi connectivity index (χ2n) is 7.37. The fourth-order valence-corrected chi connectivity index (χ4v) is 3.46. The van der Waals surface area contributed by atoms with Gasteiger partial charge in [-0.25, -0.2) is 5.48 Å². The predicted molar refractivity (Wildman–Crippen MR) is 115 cm³/mol. The molecule has 1 saturated heterocycles. The molecule has 5 nitrogen and oxygen atoms in total. The minimum absolute atomic E-state index is 0.0245. The fourth-order valence-electron chi connectivity index (χ4n) is 3.46. The number of amides is 1. The molecule has 0 unspecified atom stereocenters. The molecule has 0 aromatic heterocycles. The Morgan fingerprint density at radius 2 is 1.48 bits per heavy atom. The van der Waals surface area contributed by atoms with E-state index in [1.807, 2.05) is 36.4 Å². The van der Waals surface area contributed by atoms with Gasteiger partial charge < -0.3 is 4.90 Å². The van der Waals surface area contributed by atoms with E-state index in [-0.39, 0.29) is 5.78 Å². The smallest absolute Gasteiger partial charge is 0.267 e. The summed E-state index contributed by atoms with van der Waals surface area (Å²) in [7, 11) is 2.16. The van der Waals surface area contributed by atoms with Crippen molar-refractivity contribution in [3.63, 3.8) is 0 Å². The third-order valence-corrected chi connectivity index (χ3v) is 5.29. The van der Waals surface area contributed by atoms with Gasteiger partial charge in [0, 0.05) is 11.6 Å². The summed E-state index contributed by atoms with van der Waals surface area (Å²) in [5.41, 5.74) is 5.26. The molecule has 0 aliphatic carbocycles. The molecular formula is C24H26N2O3. The van der Waals surface area contributed by atoms with Gasteiger partial charge in [0.15, 0.2) is 5.78 Å². The standard InChI is InChI=1S/C24H26N2O3/c1-26-16-14-21(15-17-26)20-8-10-22(11-9-20)23(27)12-6-18-2-4-19(5-3-18)7-13-24(28)25-29/h2-13,21,29H,14-17H2,1H3,(H,25,28)/b12-6+,13-7+. The van der Waals surface area contributed by atoms with Gasteiger partial charge in [-0.05, 0) is 67.7 Å². The van der Waals surface area contributed by atoms with E-state index < -0.39 is 5.91 Å². The maximum Gasteiger partial charge on any atom is 0.267 e. The van der Waals surface area contributed by atoms with E-state index in [1.165, 1.54) is 24.5 Å². The number of rotatable bonds is 6. The van der Waals surface area contributed by atoms with Crippen LogP contribution in [0.1, 0.15) is 45.8 Å². The van der Waals surface area contributed by atoms with Crippen molar-refractivity contribution in [2.24, 2.45) is 0 Å². The Balaban J connectivity index is 1.58. The Kier molecular flexibility index (Phi) is 7.11. The quantitative estimate of drug-likeness (QED) is 0.340. The summed E-state index contributed by atoms with van der Waals surface area (Å²) in [5, 5.41) is 8.47. The Hall–Kier alpha value is -3.02. The van der Waals surface area contributed by atoms with Crippen LogP contribution in [0.3, 0.4) is 0 Å². The third kappa shape index (κ3) is 5.98. The van der Waals surface area contributed by atoms with Gasteiger partial charge >= 0.3 is 0 Å². The fraction of sp³-hybridized carbons (Fsp3) is 0.250. The van der Waals surface area contributed by atoms with Crippen LogP contribution in [-0.4, -0.2) is 41.9 Å². The van der Waals surface area contributed by atoms with Crippen molar-refractivity contribution < 1.29 is 14.8 Å². The first-order valence-electron chi connectivity index (χ1n) is 9.78. The molecule has 2 N–H and O–H groups in total. The molecular weight excluding hydrogens is 364 g/mol. The number of piperidine rings is 1. The first-order valence-corrected chi connectivity index (χ1v) is 9.78. The van der Waals surface area contributed by atoms with Gasteiger partial charge in [0.2, 0.25) is 0 Å². The lowest BCUT2D eigenvalue weighted by molar-refractivity contribution is -0.124. The Morgan fingerprint density at radius 1 is 0.931 bits per heavy atom. The topological polar surface area (TPSA) is 69.6 Å². The highest BCUT2D eigenvalue weighted by Crippen LogP contribution is 2.27. The molecule has 2 aromatic rings. The molecule has 0 bridgehead atoms. The summed E-state index contributed by atoms with van der Waals surface area (Å²) in [4.78, 5) is 25.8. The van der Waals surface area contributed by atoms with E-state index >= 15 is 0 Å². The summed E-state index contributed by atoms with van der Waals surface area (Å²) in [6.07, 6.45) is 8.52. The number of hydrogen-bond acceptors (Lipinski definition) is 4. The zero-order valence-corrected chi connectivity index (χ0v) is 16.5. The van der Waals surface area contributed by atoms with E-state index in [4.69, 9.17) is 5.21 Å². The van der Waals surface area contributed by atoms with Gasteiger partial charge in [-0.15, -0.1) is 0 Å². The van der Waals surface area contributed by atoms with Crippen molar-refractivity contribution in [3.05, 3.63) is 82.9 Å². The maximum atomic E-state index is 12.5. The Morgan fingerprint density at radius 3 is 2.03 bits per heavy atom. The number of hydroxylamine groups is 1. The number of benzene rings is 2. The number of ketones is 1. The summed E-state index contributed by atoms with van der Waals surface area (Å²) in [6.45, 7) is 2.24. The predicted octanol–water partition coefficient (Wildman–Crippen LogP) is 3.91. The first-order chi connectivity index (χ1) is 14.0. The highest BCUT2D eigenvalue weighted by Gasteiger charge is 2.18. The van der Waals surface area contributed by atoms with E-state index in [9.17, 15) is 9.59 Å². The number of nitrogens with one attached hydrogen (secondary N) is 1. The van der Waals surface area contributed by atoms with Gasteiger partial charge in [-0.3, -0.25) is 14.8 Å². The molecule has 3 rings (SSSR count). The van der Waals surface area contributed by atoms with Crippen LogP contribution in [0.2, 0.25) is 0 Å². The number of nitrogens with zero attached hydrogens (tertiary/aromatic N) is 1. The number of likely N-dealkylation sites (tertiary alicyclic amines) is 1. The third-order valence-electron chi connectivity index (χ3n) is 5.29. The van der Waals surface area contributed by atoms with Crippen LogP contribution in [0.5, 0.6) is 0 Å². The van der Waals surface area contributed by atoms with Crippen molar-refractivity contribution in [3.8, 4) is 0 Å². The van der Waals surface area contributed by atoms with Crippen LogP contribution in [0, 0.1) is 0 Å². The van der Waals surface area contributed by atoms with Crippen LogP contribution in [0.25, 0.3) is 12.2 Å². The van der Waals surface area contributed by atoms with Crippen LogP contribution in [-0.2, 0) is 4.79 Å². The minimum atomic E-state index is -0.582. The molecule has 0 atom stereocenters. The molecule has 1 aliphatic rings. The summed E-state index contributed by atoms with van der Waals surface area (Å²) < 4.78 is 0. The van der Waals surface area contributed by atoms with E-state index in [2.05, 4.69) is 24.1 Å². The lowest BCUT2D eigenvalue weighted by Gasteiger charge is -2.29. The lowest BCUT2D eigenvalue weighted by Crippen LogP contribution is -2.29. The monoisotopic (exact) mass is 390 g/mol. The molecule has 2 aromatic carbocycles. The van der Waals surface area contributed by atoms with Gasteiger partial charge in [-0.2, -0.15) is 0 Å². The normalized spacial score (nSPS) is 15.8. The average Bonchev–Trinajstić information content (AvgIpc) is 2.77. The lowest BCUT2D eigenvalue weighted by atomic mass is 9.89. The number of allylic oxidation sites excluding steroid dienone is 1. The molecule has 1 amide bonds. The highest BCUT2D eigenvalue weighted by molar-refractivity contribution is 6.06. The average molecular weight is 390 g/mol. The molecule has 1 heterocycles. The van der Waals surface area contributed by atoms with E-state index in [1.54, 1.807) is 23.7 Å². The first kappa shape index (κ1) is 20.7. The zero-order valence-electron chi connectivity index (χ0n) is 16.5. The molecule has 0 saturated carbocycles. The van der Waals surface area contributed by atoms with Crippen LogP contribution in [0.4, 0.5) is 0 Å². The van der Waals surface area contributed by atoms with E-state index in [0.29, 0.717) is 11.5 Å². The van der Waals surface area contributed by atoms with Crippen LogP contribution >= 0.6 is 0 Å². The van der Waals surface area contributed by atoms with Gasteiger partial charge in [0.1, 0.15) is 0 Å². The number of hydrogen-bond donors (Lipinski definition) is 2. The van der Waals surface area contributed by atoms with Gasteiger partial charge in [0.05, 0.1) is 0 Å². The largest absolute Gasteiger partial charge is 0.306 e. The molecule has 29 heavy (non-hydrogen) atoms. The summed E-state index contributed by atoms with van der Waals surface area (Å²) >= 11 is 0. The Labute approximate surface area is 171 Å². The van der Waals surface area contributed by atoms with Crippen molar-refractivity contribution >= 4 is 23.8 Å². The minimum Gasteiger partial charge on any atom is -0.306 e. The van der Waals surface area contributed by atoms with Gasteiger partial charge in [0.25, 0.3) is 5.91 Å². The zero-order chi connectivity index (χ0) is 20.6. The van der Waals surface area contributed by atoms with Crippen molar-refractivity contribution in [2.45, 2.75) is 18.8 Å². The second-order valence-corrected chi connectivity index (χ2v) is 7.37. The highest BCUT2D eigenvalue weighted by atomic mass is 16.5. The van der Waals surface area contributed by atoms with Crippen LogP contribution in [0.15, 0.2) is 60.7 Å². The Bertz CT molecular complexity index is 891. The second kappa shape index (κ2) is 9.96. The summed E-state index contributed by atoms with van der Waals surface area (Å²) in [5.74, 6) is -0.0214. The number of carbonyl (C=O) groups is 2. The van der Waals surface area contributed by atoms with Crippen molar-refractivity contribution in [1.29, 1.82) is 0 Å². The molecule has 150 valence electrons. The van der Waals surface area contributed by atoms with Gasteiger partial charge in [-0.1, -0.05) is 54.6 Å².